The van der Waals surface area contributed by atoms with E-state index in [9.17, 15) is 18.3 Å². The van der Waals surface area contributed by atoms with Gasteiger partial charge in [0.25, 0.3) is 0 Å². The van der Waals surface area contributed by atoms with Crippen LogP contribution in [0.25, 0.3) is 10.9 Å². The minimum Gasteiger partial charge on any atom is -0.481 e. The number of carboxylic acids is 1. The lowest BCUT2D eigenvalue weighted by molar-refractivity contribution is -0.137. The first-order chi connectivity index (χ1) is 13.8. The standard InChI is InChI=1S/C21H19N3O4S/c1-29(27,28)21-20-17(8-9-23-21)16-7-6-15(10-18(25)26)19(16)24(20)12-14-4-2-13(11-22)3-5-14/h2-5,8-9,15H,6-7,10,12H2,1H3,(H,25,26). The molecular formula is C21H19N3O4S. The van der Waals surface area contributed by atoms with Crippen LogP contribution in [0.3, 0.4) is 0 Å². The van der Waals surface area contributed by atoms with Crippen molar-refractivity contribution in [2.75, 3.05) is 6.26 Å². The van der Waals surface area contributed by atoms with Crippen LogP contribution in [0.4, 0.5) is 0 Å². The molecule has 4 rings (SSSR count). The third-order valence-electron chi connectivity index (χ3n) is 5.41. The lowest BCUT2D eigenvalue weighted by Gasteiger charge is -2.16. The molecule has 0 amide bonds. The van der Waals surface area contributed by atoms with Crippen LogP contribution in [-0.2, 0) is 27.6 Å². The Hall–Kier alpha value is -3.18. The maximum atomic E-state index is 12.4. The first kappa shape index (κ1) is 19.2. The van der Waals surface area contributed by atoms with Gasteiger partial charge in [0.05, 0.1) is 23.6 Å². The van der Waals surface area contributed by atoms with E-state index in [1.165, 1.54) is 6.20 Å². The van der Waals surface area contributed by atoms with E-state index < -0.39 is 15.8 Å². The summed E-state index contributed by atoms with van der Waals surface area (Å²) in [4.78, 5) is 15.5. The maximum absolute atomic E-state index is 12.4. The van der Waals surface area contributed by atoms with Gasteiger partial charge in [0.2, 0.25) is 0 Å². The Balaban J connectivity index is 1.96. The SMILES string of the molecule is CS(=O)(=O)c1nccc2c3c(n(Cc4ccc(C#N)cc4)c12)C(CC(=O)O)CC3. The molecule has 0 spiro atoms. The largest absolute Gasteiger partial charge is 0.481 e. The highest BCUT2D eigenvalue weighted by atomic mass is 32.2. The molecule has 3 aromatic rings. The lowest BCUT2D eigenvalue weighted by atomic mass is 10.0. The van der Waals surface area contributed by atoms with Gasteiger partial charge in [-0.05, 0) is 42.2 Å². The van der Waals surface area contributed by atoms with E-state index in [1.54, 1.807) is 18.2 Å². The number of sulfone groups is 1. The Morgan fingerprint density at radius 2 is 2.03 bits per heavy atom. The van der Waals surface area contributed by atoms with Gasteiger partial charge < -0.3 is 9.67 Å². The fourth-order valence-electron chi connectivity index (χ4n) is 4.26. The van der Waals surface area contributed by atoms with Gasteiger partial charge in [-0.3, -0.25) is 4.79 Å². The molecule has 0 fully saturated rings. The van der Waals surface area contributed by atoms with Crippen molar-refractivity contribution in [3.8, 4) is 6.07 Å². The van der Waals surface area contributed by atoms with Gasteiger partial charge in [0.1, 0.15) is 0 Å². The van der Waals surface area contributed by atoms with E-state index in [2.05, 4.69) is 11.1 Å². The second kappa shape index (κ2) is 7.01. The number of nitriles is 1. The molecule has 0 saturated heterocycles. The van der Waals surface area contributed by atoms with Crippen molar-refractivity contribution < 1.29 is 18.3 Å². The molecule has 1 aliphatic rings. The predicted octanol–water partition coefficient (Wildman–Crippen LogP) is 2.86. The summed E-state index contributed by atoms with van der Waals surface area (Å²) in [5, 5.41) is 19.2. The number of hydrogen-bond donors (Lipinski definition) is 1. The summed E-state index contributed by atoms with van der Waals surface area (Å²) in [7, 11) is -3.57. The van der Waals surface area contributed by atoms with E-state index in [0.717, 1.165) is 34.9 Å². The van der Waals surface area contributed by atoms with Crippen LogP contribution in [-0.4, -0.2) is 35.3 Å². The van der Waals surface area contributed by atoms with E-state index in [1.807, 2.05) is 16.7 Å². The Kier molecular flexibility index (Phi) is 4.63. The molecule has 0 saturated carbocycles. The van der Waals surface area contributed by atoms with Gasteiger partial charge >= 0.3 is 5.97 Å². The highest BCUT2D eigenvalue weighted by Crippen LogP contribution is 2.43. The van der Waals surface area contributed by atoms with Gasteiger partial charge in [-0.1, -0.05) is 12.1 Å². The van der Waals surface area contributed by atoms with Crippen LogP contribution in [0.15, 0.2) is 41.6 Å². The fourth-order valence-corrected chi connectivity index (χ4v) is 5.08. The molecule has 2 aromatic heterocycles. The number of aliphatic carboxylic acids is 1. The van der Waals surface area contributed by atoms with Crippen molar-refractivity contribution in [2.45, 2.75) is 36.8 Å². The molecule has 7 nitrogen and oxygen atoms in total. The van der Waals surface area contributed by atoms with Crippen molar-refractivity contribution >= 4 is 26.7 Å². The number of aryl methyl sites for hydroxylation is 1. The summed E-state index contributed by atoms with van der Waals surface area (Å²) in [5.74, 6) is -1.06. The summed E-state index contributed by atoms with van der Waals surface area (Å²) < 4.78 is 26.7. The number of hydrogen-bond acceptors (Lipinski definition) is 5. The van der Waals surface area contributed by atoms with Gasteiger partial charge in [-0.25, -0.2) is 13.4 Å². The maximum Gasteiger partial charge on any atom is 0.304 e. The fraction of sp³-hybridized carbons (Fsp3) is 0.286. The third kappa shape index (κ3) is 3.38. The zero-order valence-electron chi connectivity index (χ0n) is 15.8. The highest BCUT2D eigenvalue weighted by molar-refractivity contribution is 7.90. The summed E-state index contributed by atoms with van der Waals surface area (Å²) in [6.45, 7) is 0.377. The number of carbonyl (C=O) groups is 1. The number of rotatable bonds is 5. The van der Waals surface area contributed by atoms with Crippen LogP contribution in [0.2, 0.25) is 0 Å². The lowest BCUT2D eigenvalue weighted by Crippen LogP contribution is -2.12. The van der Waals surface area contributed by atoms with Gasteiger partial charge in [-0.15, -0.1) is 0 Å². The molecule has 0 aliphatic heterocycles. The number of benzene rings is 1. The molecule has 1 aromatic carbocycles. The molecule has 148 valence electrons. The summed E-state index contributed by atoms with van der Waals surface area (Å²) in [6, 6.07) is 11.0. The highest BCUT2D eigenvalue weighted by Gasteiger charge is 2.33. The molecule has 8 heteroatoms. The summed E-state index contributed by atoms with van der Waals surface area (Å²) in [6.07, 6.45) is 4.05. The molecule has 1 unspecified atom stereocenters. The van der Waals surface area contributed by atoms with Gasteiger partial charge in [-0.2, -0.15) is 5.26 Å². The predicted molar refractivity (Wildman–Crippen MR) is 106 cm³/mol. The second-order valence-corrected chi connectivity index (χ2v) is 9.31. The molecular weight excluding hydrogens is 390 g/mol. The Bertz CT molecular complexity index is 1270. The number of carboxylic acid groups (broad SMARTS) is 1. The molecule has 0 bridgehead atoms. The zero-order valence-corrected chi connectivity index (χ0v) is 16.6. The minimum absolute atomic E-state index is 0.00166. The average molecular weight is 409 g/mol. The number of aromatic nitrogens is 2. The molecule has 2 heterocycles. The van der Waals surface area contributed by atoms with Gasteiger partial charge in [0.15, 0.2) is 14.9 Å². The molecule has 29 heavy (non-hydrogen) atoms. The average Bonchev–Trinajstić information content (AvgIpc) is 3.21. The first-order valence-corrected chi connectivity index (χ1v) is 11.1. The first-order valence-electron chi connectivity index (χ1n) is 9.20. The Morgan fingerprint density at radius 1 is 1.31 bits per heavy atom. The van der Waals surface area contributed by atoms with Crippen LogP contribution in [0.5, 0.6) is 0 Å². The number of fused-ring (bicyclic) bond motifs is 3. The van der Waals surface area contributed by atoms with Crippen LogP contribution >= 0.6 is 0 Å². The van der Waals surface area contributed by atoms with Crippen LogP contribution in [0, 0.1) is 11.3 Å². The summed E-state index contributed by atoms with van der Waals surface area (Å²) >= 11 is 0. The smallest absolute Gasteiger partial charge is 0.304 e. The topological polar surface area (TPSA) is 113 Å². The van der Waals surface area contributed by atoms with Crippen molar-refractivity contribution in [3.63, 3.8) is 0 Å². The van der Waals surface area contributed by atoms with Crippen LogP contribution < -0.4 is 0 Å². The van der Waals surface area contributed by atoms with Crippen molar-refractivity contribution in [3.05, 3.63) is 58.9 Å². The monoisotopic (exact) mass is 409 g/mol. The molecule has 1 atom stereocenters. The van der Waals surface area contributed by atoms with Crippen LogP contribution in [0.1, 0.15) is 41.1 Å². The summed E-state index contributed by atoms with van der Waals surface area (Å²) in [5.41, 5.74) is 3.85. The third-order valence-corrected chi connectivity index (χ3v) is 6.41. The number of nitrogens with zero attached hydrogens (tertiary/aromatic N) is 3. The second-order valence-electron chi connectivity index (χ2n) is 7.38. The molecule has 0 radical (unpaired) electrons. The molecule has 1 N–H and O–H groups in total. The van der Waals surface area contributed by atoms with Crippen molar-refractivity contribution in [2.24, 2.45) is 0 Å². The zero-order chi connectivity index (χ0) is 20.8. The Morgan fingerprint density at radius 3 is 2.66 bits per heavy atom. The molecule has 1 aliphatic carbocycles. The van der Waals surface area contributed by atoms with E-state index in [4.69, 9.17) is 5.26 Å². The van der Waals surface area contributed by atoms with Gasteiger partial charge in [0, 0.05) is 36.0 Å². The Labute approximate surface area is 168 Å². The van der Waals surface area contributed by atoms with E-state index in [0.29, 0.717) is 24.0 Å². The quantitative estimate of drug-likeness (QED) is 0.693. The van der Waals surface area contributed by atoms with Crippen molar-refractivity contribution in [1.29, 1.82) is 5.26 Å². The number of pyridine rings is 1. The van der Waals surface area contributed by atoms with Crippen molar-refractivity contribution in [1.82, 2.24) is 9.55 Å². The van der Waals surface area contributed by atoms with E-state index >= 15 is 0 Å². The normalized spacial score (nSPS) is 15.9. The minimum atomic E-state index is -3.57. The van der Waals surface area contributed by atoms with E-state index in [-0.39, 0.29) is 17.4 Å².